The third kappa shape index (κ3) is 2.93. The lowest BCUT2D eigenvalue weighted by atomic mass is 9.92. The van der Waals surface area contributed by atoms with Gasteiger partial charge in [-0.05, 0) is 49.9 Å². The number of rotatable bonds is 5. The molecule has 3 rings (SSSR count). The number of hydrogen-bond donors (Lipinski definition) is 1. The Balaban J connectivity index is 1.71. The van der Waals surface area contributed by atoms with Gasteiger partial charge in [-0.2, -0.15) is 0 Å². The Morgan fingerprint density at radius 3 is 2.47 bits per heavy atom. The van der Waals surface area contributed by atoms with Crippen LogP contribution in [0.15, 0.2) is 24.3 Å². The Hall–Kier alpha value is -1.06. The molecule has 0 spiro atoms. The molecule has 0 bridgehead atoms. The van der Waals surface area contributed by atoms with E-state index >= 15 is 0 Å². The van der Waals surface area contributed by atoms with Gasteiger partial charge in [-0.1, -0.05) is 19.1 Å². The van der Waals surface area contributed by atoms with Crippen molar-refractivity contribution in [3.8, 4) is 5.75 Å². The van der Waals surface area contributed by atoms with Gasteiger partial charge in [0, 0.05) is 6.61 Å². The first-order valence-electron chi connectivity index (χ1n) is 7.33. The third-order valence-electron chi connectivity index (χ3n) is 4.15. The van der Waals surface area contributed by atoms with Crippen molar-refractivity contribution in [1.29, 1.82) is 0 Å². The van der Waals surface area contributed by atoms with Gasteiger partial charge in [0.2, 0.25) is 0 Å². The fraction of sp³-hybridized carbons (Fsp3) is 0.625. The average molecular weight is 261 g/mol. The van der Waals surface area contributed by atoms with Crippen molar-refractivity contribution >= 4 is 0 Å². The molecule has 3 unspecified atom stereocenters. The molecule has 1 aromatic carbocycles. The van der Waals surface area contributed by atoms with Gasteiger partial charge in [-0.3, -0.25) is 0 Å². The van der Waals surface area contributed by atoms with E-state index in [4.69, 9.17) is 9.47 Å². The SMILES string of the molecule is CNC(c1ccc(OC2CC2)cc1)C1OCCC1C. The maximum absolute atomic E-state index is 5.88. The number of hydrogen-bond acceptors (Lipinski definition) is 3. The van der Waals surface area contributed by atoms with Gasteiger partial charge in [0.05, 0.1) is 18.2 Å². The molecule has 1 saturated heterocycles. The Bertz CT molecular complexity index is 413. The minimum Gasteiger partial charge on any atom is -0.490 e. The van der Waals surface area contributed by atoms with Crippen LogP contribution in [0.1, 0.15) is 37.8 Å². The average Bonchev–Trinajstić information content (AvgIpc) is 3.14. The van der Waals surface area contributed by atoms with Crippen molar-refractivity contribution < 1.29 is 9.47 Å². The fourth-order valence-electron chi connectivity index (χ4n) is 2.80. The molecule has 1 saturated carbocycles. The molecule has 0 amide bonds. The molecule has 1 heterocycles. The highest BCUT2D eigenvalue weighted by Gasteiger charge is 2.32. The monoisotopic (exact) mass is 261 g/mol. The summed E-state index contributed by atoms with van der Waals surface area (Å²) in [5.74, 6) is 1.60. The first-order chi connectivity index (χ1) is 9.28. The molecule has 1 N–H and O–H groups in total. The molecule has 3 nitrogen and oxygen atoms in total. The van der Waals surface area contributed by atoms with Crippen LogP contribution in [0.4, 0.5) is 0 Å². The van der Waals surface area contributed by atoms with Crippen molar-refractivity contribution in [3.63, 3.8) is 0 Å². The zero-order valence-electron chi connectivity index (χ0n) is 11.8. The second kappa shape index (κ2) is 5.51. The minimum absolute atomic E-state index is 0.271. The predicted molar refractivity (Wildman–Crippen MR) is 75.4 cm³/mol. The van der Waals surface area contributed by atoms with Gasteiger partial charge in [-0.15, -0.1) is 0 Å². The van der Waals surface area contributed by atoms with E-state index in [1.807, 2.05) is 7.05 Å². The van der Waals surface area contributed by atoms with E-state index in [0.717, 1.165) is 18.8 Å². The lowest BCUT2D eigenvalue weighted by Crippen LogP contribution is -2.32. The number of nitrogens with one attached hydrogen (secondary N) is 1. The standard InChI is InChI=1S/C16H23NO2/c1-11-9-10-18-16(11)15(17-2)12-3-5-13(6-4-12)19-14-7-8-14/h3-6,11,14-17H,7-10H2,1-2H3. The first kappa shape index (κ1) is 12.9. The van der Waals surface area contributed by atoms with Crippen molar-refractivity contribution in [2.24, 2.45) is 5.92 Å². The van der Waals surface area contributed by atoms with Gasteiger partial charge >= 0.3 is 0 Å². The van der Waals surface area contributed by atoms with Crippen LogP contribution in [0.3, 0.4) is 0 Å². The molecule has 3 atom stereocenters. The van der Waals surface area contributed by atoms with Crippen LogP contribution in [-0.4, -0.2) is 25.9 Å². The van der Waals surface area contributed by atoms with Gasteiger partial charge < -0.3 is 14.8 Å². The van der Waals surface area contributed by atoms with Crippen LogP contribution in [0.25, 0.3) is 0 Å². The molecule has 0 radical (unpaired) electrons. The highest BCUT2D eigenvalue weighted by atomic mass is 16.5. The van der Waals surface area contributed by atoms with Crippen LogP contribution < -0.4 is 10.1 Å². The molecule has 2 aliphatic rings. The summed E-state index contributed by atoms with van der Waals surface area (Å²) in [6.45, 7) is 3.15. The van der Waals surface area contributed by atoms with Crippen molar-refractivity contribution in [2.75, 3.05) is 13.7 Å². The molecule has 19 heavy (non-hydrogen) atoms. The van der Waals surface area contributed by atoms with E-state index in [1.165, 1.54) is 18.4 Å². The van der Waals surface area contributed by atoms with Crippen LogP contribution in [0, 0.1) is 5.92 Å². The zero-order chi connectivity index (χ0) is 13.2. The van der Waals surface area contributed by atoms with Crippen LogP contribution in [0.2, 0.25) is 0 Å². The lowest BCUT2D eigenvalue weighted by Gasteiger charge is -2.26. The second-order valence-corrected chi connectivity index (χ2v) is 5.75. The quantitative estimate of drug-likeness (QED) is 0.884. The summed E-state index contributed by atoms with van der Waals surface area (Å²) in [6, 6.07) is 8.75. The van der Waals surface area contributed by atoms with E-state index in [9.17, 15) is 0 Å². The molecular formula is C16H23NO2. The summed E-state index contributed by atoms with van der Waals surface area (Å²) < 4.78 is 11.7. The molecule has 3 heteroatoms. The van der Waals surface area contributed by atoms with E-state index in [-0.39, 0.29) is 12.1 Å². The second-order valence-electron chi connectivity index (χ2n) is 5.75. The Morgan fingerprint density at radius 2 is 1.95 bits per heavy atom. The number of benzene rings is 1. The Morgan fingerprint density at radius 1 is 1.21 bits per heavy atom. The van der Waals surface area contributed by atoms with E-state index in [0.29, 0.717) is 12.0 Å². The highest BCUT2D eigenvalue weighted by Crippen LogP contribution is 2.32. The zero-order valence-corrected chi connectivity index (χ0v) is 11.8. The Kier molecular flexibility index (Phi) is 3.76. The summed E-state index contributed by atoms with van der Waals surface area (Å²) in [6.07, 6.45) is 4.30. The lowest BCUT2D eigenvalue weighted by molar-refractivity contribution is 0.0631. The van der Waals surface area contributed by atoms with Gasteiger partial charge in [0.15, 0.2) is 0 Å². The van der Waals surface area contributed by atoms with E-state index in [2.05, 4.69) is 36.5 Å². The molecule has 1 aliphatic heterocycles. The summed E-state index contributed by atoms with van der Waals surface area (Å²) in [5.41, 5.74) is 1.28. The third-order valence-corrected chi connectivity index (χ3v) is 4.15. The molecule has 2 fully saturated rings. The van der Waals surface area contributed by atoms with Crippen LogP contribution in [-0.2, 0) is 4.74 Å². The predicted octanol–water partition coefficient (Wildman–Crippen LogP) is 2.91. The van der Waals surface area contributed by atoms with Crippen LogP contribution in [0.5, 0.6) is 5.75 Å². The largest absolute Gasteiger partial charge is 0.490 e. The maximum Gasteiger partial charge on any atom is 0.119 e. The molecular weight excluding hydrogens is 238 g/mol. The summed E-state index contributed by atoms with van der Waals surface area (Å²) in [4.78, 5) is 0. The smallest absolute Gasteiger partial charge is 0.119 e. The summed E-state index contributed by atoms with van der Waals surface area (Å²) >= 11 is 0. The van der Waals surface area contributed by atoms with E-state index < -0.39 is 0 Å². The molecule has 1 aliphatic carbocycles. The van der Waals surface area contributed by atoms with Crippen molar-refractivity contribution in [3.05, 3.63) is 29.8 Å². The normalized spacial score (nSPS) is 28.3. The van der Waals surface area contributed by atoms with Crippen molar-refractivity contribution in [1.82, 2.24) is 5.32 Å². The van der Waals surface area contributed by atoms with Gasteiger partial charge in [-0.25, -0.2) is 0 Å². The number of likely N-dealkylation sites (N-methyl/N-ethyl adjacent to an activating group) is 1. The van der Waals surface area contributed by atoms with Crippen LogP contribution >= 0.6 is 0 Å². The summed E-state index contributed by atoms with van der Waals surface area (Å²) in [5, 5.41) is 3.40. The minimum atomic E-state index is 0.271. The van der Waals surface area contributed by atoms with Gasteiger partial charge in [0.1, 0.15) is 5.75 Å². The maximum atomic E-state index is 5.88. The van der Waals surface area contributed by atoms with Crippen molar-refractivity contribution in [2.45, 2.75) is 44.4 Å². The first-order valence-corrected chi connectivity index (χ1v) is 7.33. The molecule has 1 aromatic rings. The summed E-state index contributed by atoms with van der Waals surface area (Å²) in [7, 11) is 2.01. The topological polar surface area (TPSA) is 30.5 Å². The molecule has 0 aromatic heterocycles. The highest BCUT2D eigenvalue weighted by molar-refractivity contribution is 5.30. The van der Waals surface area contributed by atoms with Gasteiger partial charge in [0.25, 0.3) is 0 Å². The fourth-order valence-corrected chi connectivity index (χ4v) is 2.80. The Labute approximate surface area is 115 Å². The molecule has 104 valence electrons. The van der Waals surface area contributed by atoms with E-state index in [1.54, 1.807) is 0 Å². The number of ether oxygens (including phenoxy) is 2.